The highest BCUT2D eigenvalue weighted by Crippen LogP contribution is 2.18. The van der Waals surface area contributed by atoms with E-state index in [0.29, 0.717) is 6.61 Å². The van der Waals surface area contributed by atoms with E-state index in [4.69, 9.17) is 10.6 Å². The molecule has 1 aromatic rings. The molecule has 6 heteroatoms. The molecule has 1 atom stereocenters. The van der Waals surface area contributed by atoms with Gasteiger partial charge in [-0.2, -0.15) is 0 Å². The van der Waals surface area contributed by atoms with E-state index in [1.165, 1.54) is 18.2 Å². The molecule has 0 aliphatic heterocycles. The molecule has 1 amide bonds. The molecule has 1 aromatic carbocycles. The van der Waals surface area contributed by atoms with Crippen molar-refractivity contribution in [3.63, 3.8) is 0 Å². The van der Waals surface area contributed by atoms with E-state index in [0.717, 1.165) is 12.8 Å². The second-order valence-corrected chi connectivity index (χ2v) is 4.22. The van der Waals surface area contributed by atoms with Crippen molar-refractivity contribution in [1.82, 2.24) is 5.32 Å². The van der Waals surface area contributed by atoms with Crippen molar-refractivity contribution in [3.8, 4) is 0 Å². The second-order valence-electron chi connectivity index (χ2n) is 4.22. The maximum Gasteiger partial charge on any atom is 0.253 e. The van der Waals surface area contributed by atoms with Gasteiger partial charge in [0.15, 0.2) is 0 Å². The van der Waals surface area contributed by atoms with Crippen LogP contribution in [0.4, 0.5) is 10.1 Å². The molecule has 0 aliphatic carbocycles. The van der Waals surface area contributed by atoms with E-state index in [2.05, 4.69) is 10.7 Å². The van der Waals surface area contributed by atoms with Crippen LogP contribution in [0.1, 0.15) is 30.1 Å². The Balaban J connectivity index is 2.84. The first-order chi connectivity index (χ1) is 9.13. The summed E-state index contributed by atoms with van der Waals surface area (Å²) in [4.78, 5) is 12.1. The van der Waals surface area contributed by atoms with Crippen LogP contribution in [0.15, 0.2) is 18.2 Å². The molecule has 5 nitrogen and oxygen atoms in total. The molecule has 0 fully saturated rings. The number of nitrogen functional groups attached to an aromatic ring is 1. The van der Waals surface area contributed by atoms with Gasteiger partial charge in [0, 0.05) is 7.11 Å². The highest BCUT2D eigenvalue weighted by atomic mass is 19.1. The second kappa shape index (κ2) is 7.70. The molecule has 1 rings (SSSR count). The van der Waals surface area contributed by atoms with E-state index >= 15 is 0 Å². The SMILES string of the molecule is CCCC(COC)NC(=O)c1cccc(F)c1NN. The third kappa shape index (κ3) is 4.18. The van der Waals surface area contributed by atoms with Crippen LogP contribution in [-0.2, 0) is 4.74 Å². The van der Waals surface area contributed by atoms with Crippen molar-refractivity contribution in [2.75, 3.05) is 19.1 Å². The van der Waals surface area contributed by atoms with Gasteiger partial charge >= 0.3 is 0 Å². The number of methoxy groups -OCH3 is 1. The zero-order valence-electron chi connectivity index (χ0n) is 11.2. The highest BCUT2D eigenvalue weighted by Gasteiger charge is 2.17. The number of nitrogens with two attached hydrogens (primary N) is 1. The first-order valence-corrected chi connectivity index (χ1v) is 6.19. The van der Waals surface area contributed by atoms with E-state index in [1.54, 1.807) is 7.11 Å². The Labute approximate surface area is 112 Å². The third-order valence-electron chi connectivity index (χ3n) is 2.74. The number of benzene rings is 1. The monoisotopic (exact) mass is 269 g/mol. The zero-order chi connectivity index (χ0) is 14.3. The Bertz CT molecular complexity index is 420. The molecule has 0 spiro atoms. The quantitative estimate of drug-likeness (QED) is 0.519. The van der Waals surface area contributed by atoms with Crippen LogP contribution in [0.25, 0.3) is 0 Å². The number of ether oxygens (including phenoxy) is 1. The van der Waals surface area contributed by atoms with Gasteiger partial charge in [-0.25, -0.2) is 4.39 Å². The van der Waals surface area contributed by atoms with Gasteiger partial charge in [0.1, 0.15) is 5.82 Å². The highest BCUT2D eigenvalue weighted by molar-refractivity contribution is 5.99. The molecular weight excluding hydrogens is 249 g/mol. The summed E-state index contributed by atoms with van der Waals surface area (Å²) in [5.74, 6) is 4.31. The summed E-state index contributed by atoms with van der Waals surface area (Å²) in [5.41, 5.74) is 2.39. The topological polar surface area (TPSA) is 76.4 Å². The molecule has 0 bridgehead atoms. The number of rotatable bonds is 7. The summed E-state index contributed by atoms with van der Waals surface area (Å²) in [7, 11) is 1.57. The summed E-state index contributed by atoms with van der Waals surface area (Å²) in [6.07, 6.45) is 1.71. The Morgan fingerprint density at radius 2 is 2.26 bits per heavy atom. The molecule has 0 saturated carbocycles. The van der Waals surface area contributed by atoms with Crippen molar-refractivity contribution >= 4 is 11.6 Å². The number of nitrogens with one attached hydrogen (secondary N) is 2. The van der Waals surface area contributed by atoms with Crippen LogP contribution in [0.5, 0.6) is 0 Å². The van der Waals surface area contributed by atoms with Gasteiger partial charge in [0.2, 0.25) is 0 Å². The summed E-state index contributed by atoms with van der Waals surface area (Å²) in [6, 6.07) is 4.13. The van der Waals surface area contributed by atoms with Crippen molar-refractivity contribution in [3.05, 3.63) is 29.6 Å². The number of hydrazine groups is 1. The molecular formula is C13H20FN3O2. The van der Waals surface area contributed by atoms with Gasteiger partial charge in [-0.15, -0.1) is 0 Å². The van der Waals surface area contributed by atoms with Crippen molar-refractivity contribution in [2.24, 2.45) is 5.84 Å². The van der Waals surface area contributed by atoms with Gasteiger partial charge in [0.05, 0.1) is 23.9 Å². The van der Waals surface area contributed by atoms with Gasteiger partial charge in [-0.05, 0) is 18.6 Å². The average molecular weight is 269 g/mol. The van der Waals surface area contributed by atoms with E-state index in [1.807, 2.05) is 6.92 Å². The normalized spacial score (nSPS) is 12.0. The van der Waals surface area contributed by atoms with Gasteiger partial charge < -0.3 is 15.5 Å². The number of hydrogen-bond acceptors (Lipinski definition) is 4. The van der Waals surface area contributed by atoms with E-state index in [9.17, 15) is 9.18 Å². The maximum absolute atomic E-state index is 13.5. The van der Waals surface area contributed by atoms with Crippen LogP contribution < -0.4 is 16.6 Å². The number of carbonyl (C=O) groups is 1. The fraction of sp³-hybridized carbons (Fsp3) is 0.462. The van der Waals surface area contributed by atoms with Crippen LogP contribution in [-0.4, -0.2) is 25.7 Å². The standard InChI is InChI=1S/C13H20FN3O2/c1-3-5-9(8-19-2)16-13(18)10-6-4-7-11(14)12(10)17-15/h4,6-7,9,17H,3,5,8,15H2,1-2H3,(H,16,18). The minimum atomic E-state index is -0.561. The number of para-hydroxylation sites is 1. The minimum Gasteiger partial charge on any atom is -0.383 e. The molecule has 0 saturated heterocycles. The first kappa shape index (κ1) is 15.4. The first-order valence-electron chi connectivity index (χ1n) is 6.19. The van der Waals surface area contributed by atoms with E-state index in [-0.39, 0.29) is 23.2 Å². The molecule has 0 aromatic heterocycles. The summed E-state index contributed by atoms with van der Waals surface area (Å²) in [6.45, 7) is 2.43. The molecule has 0 heterocycles. The predicted molar refractivity (Wildman–Crippen MR) is 72.2 cm³/mol. The lowest BCUT2D eigenvalue weighted by Crippen LogP contribution is -2.38. The molecule has 4 N–H and O–H groups in total. The third-order valence-corrected chi connectivity index (χ3v) is 2.74. The molecule has 0 aliphatic rings. The Morgan fingerprint density at radius 3 is 2.84 bits per heavy atom. The lowest BCUT2D eigenvalue weighted by Gasteiger charge is -2.18. The van der Waals surface area contributed by atoms with Crippen LogP contribution in [0.3, 0.4) is 0 Å². The number of carbonyl (C=O) groups excluding carboxylic acids is 1. The van der Waals surface area contributed by atoms with E-state index < -0.39 is 5.82 Å². The Hall–Kier alpha value is -1.66. The zero-order valence-corrected chi connectivity index (χ0v) is 11.2. The van der Waals surface area contributed by atoms with Crippen LogP contribution in [0, 0.1) is 5.82 Å². The predicted octanol–water partition coefficient (Wildman–Crippen LogP) is 1.66. The lowest BCUT2D eigenvalue weighted by molar-refractivity contribution is 0.0892. The van der Waals surface area contributed by atoms with Crippen molar-refractivity contribution < 1.29 is 13.9 Å². The van der Waals surface area contributed by atoms with Crippen molar-refractivity contribution in [2.45, 2.75) is 25.8 Å². The lowest BCUT2D eigenvalue weighted by atomic mass is 10.1. The van der Waals surface area contributed by atoms with Gasteiger partial charge in [-0.3, -0.25) is 10.6 Å². The average Bonchev–Trinajstić information content (AvgIpc) is 2.39. The molecule has 0 radical (unpaired) electrons. The summed E-state index contributed by atoms with van der Waals surface area (Å²) >= 11 is 0. The Morgan fingerprint density at radius 1 is 1.53 bits per heavy atom. The number of halogens is 1. The number of amides is 1. The summed E-state index contributed by atoms with van der Waals surface area (Å²) < 4.78 is 18.5. The maximum atomic E-state index is 13.5. The molecule has 1 unspecified atom stereocenters. The summed E-state index contributed by atoms with van der Waals surface area (Å²) in [5, 5.41) is 2.81. The molecule has 106 valence electrons. The smallest absolute Gasteiger partial charge is 0.253 e. The van der Waals surface area contributed by atoms with Gasteiger partial charge in [-0.1, -0.05) is 19.4 Å². The minimum absolute atomic E-state index is 0.00679. The number of hydrogen-bond donors (Lipinski definition) is 3. The largest absolute Gasteiger partial charge is 0.383 e. The Kier molecular flexibility index (Phi) is 6.24. The van der Waals surface area contributed by atoms with Crippen LogP contribution >= 0.6 is 0 Å². The van der Waals surface area contributed by atoms with Crippen molar-refractivity contribution in [1.29, 1.82) is 0 Å². The molecule has 19 heavy (non-hydrogen) atoms. The fourth-order valence-corrected chi connectivity index (χ4v) is 1.87. The fourth-order valence-electron chi connectivity index (χ4n) is 1.87. The van der Waals surface area contributed by atoms with Crippen LogP contribution in [0.2, 0.25) is 0 Å². The van der Waals surface area contributed by atoms with Gasteiger partial charge in [0.25, 0.3) is 5.91 Å². The number of anilines is 1.